The molecule has 0 saturated heterocycles. The van der Waals surface area contributed by atoms with Gasteiger partial charge in [-0.05, 0) is 62.2 Å². The molecule has 3 aromatic carbocycles. The number of allylic oxidation sites excluding steroid dienone is 1. The number of methoxy groups -OCH3 is 1. The van der Waals surface area contributed by atoms with Gasteiger partial charge in [-0.25, -0.2) is 9.18 Å². The zero-order valence-electron chi connectivity index (χ0n) is 20.4. The van der Waals surface area contributed by atoms with Crippen molar-refractivity contribution in [3.63, 3.8) is 0 Å². The van der Waals surface area contributed by atoms with Crippen molar-refractivity contribution in [1.29, 1.82) is 0 Å². The van der Waals surface area contributed by atoms with Crippen LogP contribution in [0.4, 0.5) is 14.9 Å². The SMILES string of the molecule is COc1ccc(C2NC(=O)N(c3ccc(C)c(F)c3)C(C)=C2c2nc(-c3cccc(C)c3)no2)cc1. The number of aryl methyl sites for hydroxylation is 2. The molecule has 182 valence electrons. The number of rotatable bonds is 5. The Morgan fingerprint density at radius 2 is 1.81 bits per heavy atom. The van der Waals surface area contributed by atoms with E-state index in [4.69, 9.17) is 9.26 Å². The average molecular weight is 485 g/mol. The molecule has 1 unspecified atom stereocenters. The Morgan fingerprint density at radius 1 is 1.03 bits per heavy atom. The summed E-state index contributed by atoms with van der Waals surface area (Å²) in [7, 11) is 1.59. The molecule has 2 heterocycles. The Balaban J connectivity index is 1.65. The fraction of sp³-hybridized carbons (Fsp3) is 0.179. The number of aromatic nitrogens is 2. The third-order valence-corrected chi connectivity index (χ3v) is 6.28. The number of hydrogen-bond acceptors (Lipinski definition) is 5. The second kappa shape index (κ2) is 9.30. The molecule has 0 spiro atoms. The smallest absolute Gasteiger partial charge is 0.327 e. The van der Waals surface area contributed by atoms with Crippen LogP contribution in [0.3, 0.4) is 0 Å². The molecule has 8 heteroatoms. The van der Waals surface area contributed by atoms with E-state index < -0.39 is 17.9 Å². The van der Waals surface area contributed by atoms with Gasteiger partial charge in [-0.1, -0.05) is 47.1 Å². The van der Waals surface area contributed by atoms with Gasteiger partial charge in [0.1, 0.15) is 11.6 Å². The Bertz CT molecular complexity index is 1480. The van der Waals surface area contributed by atoms with Crippen LogP contribution in [0.15, 0.2) is 77.0 Å². The largest absolute Gasteiger partial charge is 0.497 e. The van der Waals surface area contributed by atoms with Crippen LogP contribution in [-0.2, 0) is 0 Å². The third kappa shape index (κ3) is 4.22. The fourth-order valence-corrected chi connectivity index (χ4v) is 4.33. The molecule has 5 rings (SSSR count). The van der Waals surface area contributed by atoms with Crippen LogP contribution in [0.25, 0.3) is 17.0 Å². The van der Waals surface area contributed by atoms with Crippen LogP contribution in [-0.4, -0.2) is 23.3 Å². The fourth-order valence-electron chi connectivity index (χ4n) is 4.33. The summed E-state index contributed by atoms with van der Waals surface area (Å²) in [6, 6.07) is 18.9. The van der Waals surface area contributed by atoms with Gasteiger partial charge in [0.05, 0.1) is 24.4 Å². The second-order valence-corrected chi connectivity index (χ2v) is 8.72. The van der Waals surface area contributed by atoms with Crippen LogP contribution in [0.1, 0.15) is 35.5 Å². The highest BCUT2D eigenvalue weighted by Crippen LogP contribution is 2.39. The van der Waals surface area contributed by atoms with Crippen LogP contribution >= 0.6 is 0 Å². The molecule has 1 atom stereocenters. The van der Waals surface area contributed by atoms with E-state index in [0.29, 0.717) is 34.1 Å². The molecule has 1 aromatic heterocycles. The van der Waals surface area contributed by atoms with Gasteiger partial charge in [0.2, 0.25) is 5.82 Å². The molecular formula is C28H25FN4O3. The van der Waals surface area contributed by atoms with Gasteiger partial charge in [-0.3, -0.25) is 4.90 Å². The maximum Gasteiger partial charge on any atom is 0.327 e. The molecule has 7 nitrogen and oxygen atoms in total. The summed E-state index contributed by atoms with van der Waals surface area (Å²) in [4.78, 5) is 19.4. The van der Waals surface area contributed by atoms with Gasteiger partial charge < -0.3 is 14.6 Å². The maximum absolute atomic E-state index is 14.4. The molecule has 0 bridgehead atoms. The van der Waals surface area contributed by atoms with Crippen molar-refractivity contribution in [2.75, 3.05) is 12.0 Å². The highest BCUT2D eigenvalue weighted by Gasteiger charge is 2.36. The molecule has 1 N–H and O–H groups in total. The topological polar surface area (TPSA) is 80.5 Å². The lowest BCUT2D eigenvalue weighted by Crippen LogP contribution is -2.46. The molecule has 2 amide bonds. The van der Waals surface area contributed by atoms with Crippen LogP contribution in [0.2, 0.25) is 0 Å². The zero-order chi connectivity index (χ0) is 25.4. The Hall–Kier alpha value is -4.46. The first-order valence-corrected chi connectivity index (χ1v) is 11.5. The minimum absolute atomic E-state index is 0.266. The first-order valence-electron chi connectivity index (χ1n) is 11.5. The Labute approximate surface area is 208 Å². The quantitative estimate of drug-likeness (QED) is 0.365. The van der Waals surface area contributed by atoms with Crippen LogP contribution < -0.4 is 15.0 Å². The summed E-state index contributed by atoms with van der Waals surface area (Å²) in [5, 5.41) is 7.23. The number of nitrogens with one attached hydrogen (secondary N) is 1. The number of carbonyl (C=O) groups is 1. The summed E-state index contributed by atoms with van der Waals surface area (Å²) < 4.78 is 25.4. The van der Waals surface area contributed by atoms with Gasteiger partial charge in [0, 0.05) is 11.3 Å². The molecule has 1 aliphatic rings. The lowest BCUT2D eigenvalue weighted by atomic mass is 9.94. The number of hydrogen-bond donors (Lipinski definition) is 1. The van der Waals surface area contributed by atoms with Gasteiger partial charge in [0.15, 0.2) is 0 Å². The summed E-state index contributed by atoms with van der Waals surface area (Å²) in [5.74, 6) is 1.00. The Kier molecular flexibility index (Phi) is 6.01. The number of urea groups is 1. The molecule has 0 radical (unpaired) electrons. The van der Waals surface area contributed by atoms with Crippen molar-refractivity contribution >= 4 is 17.3 Å². The maximum atomic E-state index is 14.4. The number of benzene rings is 3. The van der Waals surface area contributed by atoms with Crippen LogP contribution in [0.5, 0.6) is 5.75 Å². The number of ether oxygens (including phenoxy) is 1. The van der Waals surface area contributed by atoms with E-state index in [1.807, 2.05) is 55.5 Å². The van der Waals surface area contributed by atoms with Crippen molar-refractivity contribution in [1.82, 2.24) is 15.5 Å². The predicted molar refractivity (Wildman–Crippen MR) is 135 cm³/mol. The van der Waals surface area contributed by atoms with E-state index >= 15 is 0 Å². The van der Waals surface area contributed by atoms with E-state index in [2.05, 4.69) is 15.5 Å². The molecule has 0 saturated carbocycles. The molecule has 1 aliphatic heterocycles. The van der Waals surface area contributed by atoms with E-state index in [0.717, 1.165) is 16.7 Å². The summed E-state index contributed by atoms with van der Waals surface area (Å²) in [6.45, 7) is 5.46. The van der Waals surface area contributed by atoms with E-state index in [1.54, 1.807) is 33.1 Å². The predicted octanol–water partition coefficient (Wildman–Crippen LogP) is 6.20. The monoisotopic (exact) mass is 484 g/mol. The van der Waals surface area contributed by atoms with Gasteiger partial charge in [0.25, 0.3) is 5.89 Å². The molecule has 0 aliphatic carbocycles. The summed E-state index contributed by atoms with van der Waals surface area (Å²) in [5.41, 5.74) is 4.77. The second-order valence-electron chi connectivity index (χ2n) is 8.72. The number of carbonyl (C=O) groups excluding carboxylic acids is 1. The van der Waals surface area contributed by atoms with Gasteiger partial charge >= 0.3 is 6.03 Å². The third-order valence-electron chi connectivity index (χ3n) is 6.28. The molecular weight excluding hydrogens is 459 g/mol. The lowest BCUT2D eigenvalue weighted by Gasteiger charge is -2.35. The van der Waals surface area contributed by atoms with Crippen molar-refractivity contribution in [2.45, 2.75) is 26.8 Å². The Morgan fingerprint density at radius 3 is 2.50 bits per heavy atom. The van der Waals surface area contributed by atoms with Gasteiger partial charge in [-0.2, -0.15) is 4.98 Å². The van der Waals surface area contributed by atoms with E-state index in [9.17, 15) is 9.18 Å². The molecule has 0 fully saturated rings. The zero-order valence-corrected chi connectivity index (χ0v) is 20.4. The molecule has 4 aromatic rings. The number of nitrogens with zero attached hydrogens (tertiary/aromatic N) is 3. The lowest BCUT2D eigenvalue weighted by molar-refractivity contribution is 0.244. The summed E-state index contributed by atoms with van der Waals surface area (Å²) >= 11 is 0. The van der Waals surface area contributed by atoms with E-state index in [-0.39, 0.29) is 5.89 Å². The highest BCUT2D eigenvalue weighted by molar-refractivity contribution is 6.01. The minimum atomic E-state index is -0.569. The number of amides is 2. The van der Waals surface area contributed by atoms with E-state index in [1.165, 1.54) is 11.0 Å². The van der Waals surface area contributed by atoms with Crippen LogP contribution in [0, 0.1) is 19.7 Å². The normalized spacial score (nSPS) is 15.8. The minimum Gasteiger partial charge on any atom is -0.497 e. The van der Waals surface area contributed by atoms with Gasteiger partial charge in [-0.15, -0.1) is 0 Å². The number of anilines is 1. The van der Waals surface area contributed by atoms with Crippen molar-refractivity contribution < 1.29 is 18.4 Å². The average Bonchev–Trinajstić information content (AvgIpc) is 3.36. The first-order chi connectivity index (χ1) is 17.4. The first kappa shape index (κ1) is 23.3. The summed E-state index contributed by atoms with van der Waals surface area (Å²) in [6.07, 6.45) is 0. The highest BCUT2D eigenvalue weighted by atomic mass is 19.1. The standard InChI is InChI=1S/C28H25FN4O3/c1-16-6-5-7-20(14-16)26-31-27(36-32-26)24-18(3)33(21-11-8-17(2)23(29)15-21)28(34)30-25(24)19-9-12-22(35-4)13-10-19/h5-15,25H,1-4H3,(H,30,34). The van der Waals surface area contributed by atoms with Crippen molar-refractivity contribution in [2.24, 2.45) is 0 Å². The molecule has 36 heavy (non-hydrogen) atoms. The van der Waals surface area contributed by atoms with Crippen molar-refractivity contribution in [3.8, 4) is 17.1 Å². The van der Waals surface area contributed by atoms with Crippen molar-refractivity contribution in [3.05, 3.63) is 101 Å². The number of halogens is 1.